The second kappa shape index (κ2) is 4.79. The van der Waals surface area contributed by atoms with Gasteiger partial charge < -0.3 is 5.32 Å². The van der Waals surface area contributed by atoms with Gasteiger partial charge in [0.2, 0.25) is 5.91 Å². The second-order valence-electron chi connectivity index (χ2n) is 3.82. The molecule has 0 aliphatic rings. The van der Waals surface area contributed by atoms with Crippen LogP contribution in [0.15, 0.2) is 18.2 Å². The summed E-state index contributed by atoms with van der Waals surface area (Å²) < 4.78 is 12.5. The number of carbonyl (C=O) groups excluding carboxylic acids is 1. The van der Waals surface area contributed by atoms with E-state index >= 15 is 0 Å². The van der Waals surface area contributed by atoms with E-state index in [-0.39, 0.29) is 0 Å². The van der Waals surface area contributed by atoms with Gasteiger partial charge in [0, 0.05) is 6.07 Å². The minimum atomic E-state index is -0.941. The largest absolute Gasteiger partial charge is 0.317 e. The van der Waals surface area contributed by atoms with Gasteiger partial charge in [0.1, 0.15) is 0 Å². The van der Waals surface area contributed by atoms with Gasteiger partial charge in [0.25, 0.3) is 5.69 Å². The minimum Gasteiger partial charge on any atom is -0.317 e. The van der Waals surface area contributed by atoms with Gasteiger partial charge in [0.15, 0.2) is 11.5 Å². The zero-order valence-corrected chi connectivity index (χ0v) is 10.7. The highest BCUT2D eigenvalue weighted by Crippen LogP contribution is 2.28. The zero-order chi connectivity index (χ0) is 13.2. The standard InChI is InChI=1S/C10H10BrFN2O3/c1-10(2,11)9(15)13-8-6(12)4-3-5-7(8)14(16)17/h3-5H,1-2H3,(H,13,15). The molecule has 7 heteroatoms. The first-order chi connectivity index (χ1) is 7.73. The number of benzene rings is 1. The van der Waals surface area contributed by atoms with Crippen LogP contribution in [0.5, 0.6) is 0 Å². The van der Waals surface area contributed by atoms with Gasteiger partial charge in [-0.15, -0.1) is 0 Å². The Hall–Kier alpha value is -1.50. The van der Waals surface area contributed by atoms with Gasteiger partial charge in [-0.1, -0.05) is 22.0 Å². The van der Waals surface area contributed by atoms with Crippen molar-refractivity contribution in [3.8, 4) is 0 Å². The molecule has 0 aliphatic heterocycles. The predicted molar refractivity (Wildman–Crippen MR) is 64.7 cm³/mol. The summed E-state index contributed by atoms with van der Waals surface area (Å²) in [5.41, 5.74) is -0.898. The van der Waals surface area contributed by atoms with E-state index in [4.69, 9.17) is 0 Å². The number of rotatable bonds is 3. The Bertz CT molecular complexity index is 471. The fourth-order valence-corrected chi connectivity index (χ4v) is 1.15. The van der Waals surface area contributed by atoms with Gasteiger partial charge in [-0.25, -0.2) is 4.39 Å². The third-order valence-electron chi connectivity index (χ3n) is 1.97. The van der Waals surface area contributed by atoms with Crippen LogP contribution in [0.1, 0.15) is 13.8 Å². The molecule has 0 unspecified atom stereocenters. The summed E-state index contributed by atoms with van der Waals surface area (Å²) in [7, 11) is 0. The summed E-state index contributed by atoms with van der Waals surface area (Å²) in [6, 6.07) is 3.38. The molecule has 5 nitrogen and oxygen atoms in total. The molecule has 0 aromatic heterocycles. The van der Waals surface area contributed by atoms with Crippen LogP contribution in [0, 0.1) is 15.9 Å². The quantitative estimate of drug-likeness (QED) is 0.530. The van der Waals surface area contributed by atoms with E-state index in [0.29, 0.717) is 0 Å². The fraction of sp³-hybridized carbons (Fsp3) is 0.300. The van der Waals surface area contributed by atoms with Crippen molar-refractivity contribution in [2.75, 3.05) is 5.32 Å². The molecule has 1 aromatic carbocycles. The predicted octanol–water partition coefficient (Wildman–Crippen LogP) is 2.85. The van der Waals surface area contributed by atoms with Crippen molar-refractivity contribution in [1.29, 1.82) is 0 Å². The van der Waals surface area contributed by atoms with E-state index in [1.807, 2.05) is 0 Å². The third-order valence-corrected chi connectivity index (χ3v) is 2.33. The molecule has 0 spiro atoms. The summed E-state index contributed by atoms with van der Waals surface area (Å²) in [6.07, 6.45) is 0. The van der Waals surface area contributed by atoms with Crippen molar-refractivity contribution in [1.82, 2.24) is 0 Å². The molecule has 0 fully saturated rings. The number of hydrogen-bond acceptors (Lipinski definition) is 3. The lowest BCUT2D eigenvalue weighted by molar-refractivity contribution is -0.384. The first kappa shape index (κ1) is 13.6. The molecular formula is C10H10BrFN2O3. The van der Waals surface area contributed by atoms with Crippen LogP contribution in [-0.2, 0) is 4.79 Å². The molecule has 0 bridgehead atoms. The van der Waals surface area contributed by atoms with Gasteiger partial charge in [-0.05, 0) is 19.9 Å². The number of carbonyl (C=O) groups is 1. The van der Waals surface area contributed by atoms with Crippen LogP contribution in [0.4, 0.5) is 15.8 Å². The number of hydrogen-bond donors (Lipinski definition) is 1. The normalized spacial score (nSPS) is 11.1. The van der Waals surface area contributed by atoms with Crippen molar-refractivity contribution in [2.24, 2.45) is 0 Å². The van der Waals surface area contributed by atoms with Crippen LogP contribution in [-0.4, -0.2) is 15.2 Å². The lowest BCUT2D eigenvalue weighted by Gasteiger charge is -2.16. The average Bonchev–Trinajstić information content (AvgIpc) is 2.18. The zero-order valence-electron chi connectivity index (χ0n) is 9.16. The summed E-state index contributed by atoms with van der Waals surface area (Å²) in [5.74, 6) is -1.41. The molecule has 0 saturated carbocycles. The monoisotopic (exact) mass is 304 g/mol. The average molecular weight is 305 g/mol. The molecule has 92 valence electrons. The number of nitro benzene ring substituents is 1. The SMILES string of the molecule is CC(C)(Br)C(=O)Nc1c(F)cccc1[N+](=O)[O-]. The van der Waals surface area contributed by atoms with E-state index in [1.54, 1.807) is 13.8 Å². The first-order valence-corrected chi connectivity index (χ1v) is 5.46. The molecule has 1 N–H and O–H groups in total. The minimum absolute atomic E-state index is 0.421. The summed E-state index contributed by atoms with van der Waals surface area (Å²) >= 11 is 3.08. The highest BCUT2D eigenvalue weighted by Gasteiger charge is 2.27. The Morgan fingerprint density at radius 1 is 1.53 bits per heavy atom. The van der Waals surface area contributed by atoms with Crippen molar-refractivity contribution in [2.45, 2.75) is 18.2 Å². The lowest BCUT2D eigenvalue weighted by Crippen LogP contribution is -2.31. The van der Waals surface area contributed by atoms with Crippen molar-refractivity contribution < 1.29 is 14.1 Å². The van der Waals surface area contributed by atoms with E-state index in [1.165, 1.54) is 6.07 Å². The van der Waals surface area contributed by atoms with Crippen molar-refractivity contribution in [3.63, 3.8) is 0 Å². The van der Waals surface area contributed by atoms with Gasteiger partial charge in [-0.3, -0.25) is 14.9 Å². The molecule has 1 amide bonds. The Kier molecular flexibility index (Phi) is 3.82. The van der Waals surface area contributed by atoms with Crippen LogP contribution in [0.25, 0.3) is 0 Å². The molecule has 17 heavy (non-hydrogen) atoms. The van der Waals surface area contributed by atoms with E-state index in [2.05, 4.69) is 21.2 Å². The van der Waals surface area contributed by atoms with Crippen molar-refractivity contribution >= 4 is 33.2 Å². The number of alkyl halides is 1. The Balaban J connectivity index is 3.14. The fourth-order valence-electron chi connectivity index (χ4n) is 1.05. The molecule has 1 rings (SSSR count). The first-order valence-electron chi connectivity index (χ1n) is 4.66. The molecule has 0 atom stereocenters. The summed E-state index contributed by atoms with van der Waals surface area (Å²) in [4.78, 5) is 21.5. The third kappa shape index (κ3) is 3.23. The molecular weight excluding hydrogens is 295 g/mol. The highest BCUT2D eigenvalue weighted by atomic mass is 79.9. The molecule has 1 aromatic rings. The summed E-state index contributed by atoms with van der Waals surface area (Å²) in [5, 5.41) is 12.9. The van der Waals surface area contributed by atoms with Gasteiger partial charge in [0.05, 0.1) is 9.25 Å². The molecule has 0 heterocycles. The summed E-state index contributed by atoms with van der Waals surface area (Å²) in [6.45, 7) is 3.10. The van der Waals surface area contributed by atoms with Gasteiger partial charge in [-0.2, -0.15) is 0 Å². The second-order valence-corrected chi connectivity index (χ2v) is 5.80. The van der Waals surface area contributed by atoms with E-state index < -0.39 is 32.3 Å². The van der Waals surface area contributed by atoms with Crippen molar-refractivity contribution in [3.05, 3.63) is 34.1 Å². The van der Waals surface area contributed by atoms with Crippen LogP contribution in [0.3, 0.4) is 0 Å². The van der Waals surface area contributed by atoms with Crippen LogP contribution >= 0.6 is 15.9 Å². The Morgan fingerprint density at radius 3 is 2.59 bits per heavy atom. The number of anilines is 1. The number of nitrogens with zero attached hydrogens (tertiary/aromatic N) is 1. The Morgan fingerprint density at radius 2 is 2.12 bits per heavy atom. The maximum Gasteiger partial charge on any atom is 0.295 e. The number of amides is 1. The number of para-hydroxylation sites is 1. The van der Waals surface area contributed by atoms with Crippen LogP contribution in [0.2, 0.25) is 0 Å². The van der Waals surface area contributed by atoms with Gasteiger partial charge >= 0.3 is 0 Å². The maximum atomic E-state index is 13.4. The molecule has 0 saturated heterocycles. The number of nitrogens with one attached hydrogen (secondary N) is 1. The van der Waals surface area contributed by atoms with E-state index in [0.717, 1.165) is 12.1 Å². The topological polar surface area (TPSA) is 72.2 Å². The molecule has 0 radical (unpaired) electrons. The smallest absolute Gasteiger partial charge is 0.295 e. The highest BCUT2D eigenvalue weighted by molar-refractivity contribution is 9.10. The number of halogens is 2. The lowest BCUT2D eigenvalue weighted by atomic mass is 10.2. The Labute approximate surface area is 105 Å². The maximum absolute atomic E-state index is 13.4. The molecule has 0 aliphatic carbocycles. The van der Waals surface area contributed by atoms with Crippen LogP contribution < -0.4 is 5.32 Å². The number of nitro groups is 1. The van der Waals surface area contributed by atoms with E-state index in [9.17, 15) is 19.3 Å².